The molecule has 12 heteroatoms. The average molecular weight is 1130 g/mol. The molecule has 0 atom stereocenters. The highest BCUT2D eigenvalue weighted by molar-refractivity contribution is 8.93. The van der Waals surface area contributed by atoms with Crippen LogP contribution in [-0.4, -0.2) is 42.3 Å². The number of ether oxygens (including phenoxy) is 2. The predicted octanol–water partition coefficient (Wildman–Crippen LogP) is 14.2. The molecule has 8 nitrogen and oxygen atoms in total. The molecule has 0 fully saturated rings. The maximum atomic E-state index is 6.15. The lowest BCUT2D eigenvalue weighted by atomic mass is 9.97. The molecular formula is C54H44Br4N6O2. The molecule has 11 rings (SSSR count). The first kappa shape index (κ1) is 47.8. The monoisotopic (exact) mass is 1120 g/mol. The number of halogens is 4. The number of nitrogens with zero attached hydrogens (tertiary/aromatic N) is 6. The lowest BCUT2D eigenvalue weighted by Gasteiger charge is -2.10. The smallest absolute Gasteiger partial charge is 0.119 e. The van der Waals surface area contributed by atoms with E-state index in [4.69, 9.17) is 19.4 Å². The average Bonchev–Trinajstić information content (AvgIpc) is 4.11. The fraction of sp³-hybridized carbons (Fsp3) is 0.0741. The van der Waals surface area contributed by atoms with Gasteiger partial charge in [0.1, 0.15) is 11.5 Å². The van der Waals surface area contributed by atoms with Crippen LogP contribution in [0.2, 0.25) is 0 Å². The molecule has 0 saturated carbocycles. The van der Waals surface area contributed by atoms with Crippen LogP contribution in [0.25, 0.3) is 78.9 Å². The molecule has 0 saturated heterocycles. The first-order chi connectivity index (χ1) is 30.7. The molecule has 0 spiro atoms. The summed E-state index contributed by atoms with van der Waals surface area (Å²) in [4.78, 5) is 19.4. The third-order valence-electron chi connectivity index (χ3n) is 11.3. The van der Waals surface area contributed by atoms with Crippen LogP contribution >= 0.6 is 67.9 Å². The van der Waals surface area contributed by atoms with E-state index in [1.54, 1.807) is 0 Å². The van der Waals surface area contributed by atoms with E-state index in [1.165, 1.54) is 5.39 Å². The minimum absolute atomic E-state index is 0. The zero-order valence-electron chi connectivity index (χ0n) is 35.4. The molecule has 0 aliphatic carbocycles. The van der Waals surface area contributed by atoms with E-state index in [2.05, 4.69) is 140 Å². The number of hydrogen-bond donors (Lipinski definition) is 0. The molecule has 330 valence electrons. The Morgan fingerprint density at radius 1 is 0.424 bits per heavy atom. The molecule has 8 bridgehead atoms. The Bertz CT molecular complexity index is 3300. The molecule has 0 radical (unpaired) electrons. The van der Waals surface area contributed by atoms with Gasteiger partial charge in [0.05, 0.1) is 36.0 Å². The van der Waals surface area contributed by atoms with Crippen molar-refractivity contribution in [1.82, 2.24) is 29.1 Å². The molecular weight excluding hydrogens is 1080 g/mol. The van der Waals surface area contributed by atoms with E-state index in [9.17, 15) is 0 Å². The number of hydrogen-bond acceptors (Lipinski definition) is 6. The van der Waals surface area contributed by atoms with Crippen molar-refractivity contribution < 1.29 is 9.47 Å². The first-order valence-electron chi connectivity index (χ1n) is 20.9. The molecule has 9 aromatic rings. The highest BCUT2D eigenvalue weighted by atomic mass is 79.9. The third-order valence-corrected chi connectivity index (χ3v) is 11.3. The van der Waals surface area contributed by atoms with E-state index < -0.39 is 0 Å². The summed E-state index contributed by atoms with van der Waals surface area (Å²) in [6.07, 6.45) is 9.26. The summed E-state index contributed by atoms with van der Waals surface area (Å²) >= 11 is 0. The molecule has 0 N–H and O–H groups in total. The van der Waals surface area contributed by atoms with Gasteiger partial charge < -0.3 is 18.6 Å². The van der Waals surface area contributed by atoms with Gasteiger partial charge in [-0.3, -0.25) is 9.97 Å². The van der Waals surface area contributed by atoms with Crippen LogP contribution in [0.3, 0.4) is 0 Å². The zero-order valence-corrected chi connectivity index (χ0v) is 42.3. The van der Waals surface area contributed by atoms with E-state index in [-0.39, 0.29) is 67.9 Å². The zero-order chi connectivity index (χ0) is 41.2. The summed E-state index contributed by atoms with van der Waals surface area (Å²) in [6.45, 7) is 1.09. The number of fused-ring (bicyclic) bond motifs is 13. The fourth-order valence-corrected chi connectivity index (χ4v) is 8.37. The second kappa shape index (κ2) is 21.4. The summed E-state index contributed by atoms with van der Waals surface area (Å²) in [6, 6.07) is 58.7. The Morgan fingerprint density at radius 2 is 0.909 bits per heavy atom. The fourth-order valence-electron chi connectivity index (χ4n) is 8.37. The normalized spacial score (nSPS) is 11.0. The molecule has 5 aromatic heterocycles. The minimum Gasteiger partial charge on any atom is -0.493 e. The molecule has 2 aliphatic rings. The van der Waals surface area contributed by atoms with Gasteiger partial charge in [-0.1, -0.05) is 48.5 Å². The van der Waals surface area contributed by atoms with Gasteiger partial charge in [0.25, 0.3) is 0 Å². The van der Waals surface area contributed by atoms with E-state index >= 15 is 0 Å². The largest absolute Gasteiger partial charge is 0.493 e. The summed E-state index contributed by atoms with van der Waals surface area (Å²) < 4.78 is 16.8. The second-order valence-corrected chi connectivity index (χ2v) is 15.3. The maximum Gasteiger partial charge on any atom is 0.119 e. The topological polar surface area (TPSA) is 79.9 Å². The van der Waals surface area contributed by atoms with Gasteiger partial charge in [-0.15, -0.1) is 67.9 Å². The van der Waals surface area contributed by atoms with Crippen molar-refractivity contribution in [1.29, 1.82) is 0 Å². The van der Waals surface area contributed by atoms with Crippen molar-refractivity contribution in [3.05, 3.63) is 205 Å². The van der Waals surface area contributed by atoms with Crippen LogP contribution in [0, 0.1) is 0 Å². The van der Waals surface area contributed by atoms with Gasteiger partial charge in [0, 0.05) is 81.2 Å². The summed E-state index contributed by atoms with van der Waals surface area (Å²) in [5.74, 6) is 1.62. The van der Waals surface area contributed by atoms with Crippen molar-refractivity contribution in [2.75, 3.05) is 13.2 Å². The second-order valence-electron chi connectivity index (χ2n) is 15.3. The van der Waals surface area contributed by atoms with Gasteiger partial charge in [-0.25, -0.2) is 9.97 Å². The van der Waals surface area contributed by atoms with Gasteiger partial charge in [-0.2, -0.15) is 0 Å². The summed E-state index contributed by atoms with van der Waals surface area (Å²) in [5.41, 5.74) is 13.8. The highest BCUT2D eigenvalue weighted by Gasteiger charge is 2.20. The lowest BCUT2D eigenvalue weighted by molar-refractivity contribution is 0.320. The Morgan fingerprint density at radius 3 is 1.42 bits per heavy atom. The summed E-state index contributed by atoms with van der Waals surface area (Å²) in [5, 5.41) is 2.33. The van der Waals surface area contributed by atoms with Crippen molar-refractivity contribution in [2.24, 2.45) is 0 Å². The van der Waals surface area contributed by atoms with Crippen molar-refractivity contribution in [2.45, 2.75) is 12.8 Å². The SMILES string of the molecule is Br.Br.Br.Br.C1=Cc2cc3ccc(cc4nc(cc5ccc(cc1n2)n5-c1ccc(OCCc2ccccn2)cc1)-c1ccc2ccccc2c1-4)n3-c1ccc(OCCc2ccccn2)cc1. The quantitative estimate of drug-likeness (QED) is 0.136. The summed E-state index contributed by atoms with van der Waals surface area (Å²) in [7, 11) is 0. The Labute approximate surface area is 424 Å². The van der Waals surface area contributed by atoms with Gasteiger partial charge in [-0.05, 0) is 144 Å². The van der Waals surface area contributed by atoms with E-state index in [0.717, 1.165) is 108 Å². The maximum absolute atomic E-state index is 6.15. The Hall–Kier alpha value is -6.18. The number of benzene rings is 4. The van der Waals surface area contributed by atoms with Crippen LogP contribution in [-0.2, 0) is 12.8 Å². The predicted molar refractivity (Wildman–Crippen MR) is 290 cm³/mol. The first-order valence-corrected chi connectivity index (χ1v) is 20.9. The van der Waals surface area contributed by atoms with Crippen LogP contribution in [0.5, 0.6) is 11.5 Å². The third kappa shape index (κ3) is 9.97. The van der Waals surface area contributed by atoms with Gasteiger partial charge in [0.15, 0.2) is 0 Å². The number of rotatable bonds is 10. The van der Waals surface area contributed by atoms with Crippen molar-refractivity contribution >= 4 is 113 Å². The highest BCUT2D eigenvalue weighted by Crippen LogP contribution is 2.42. The standard InChI is InChI=1S/C54H40N6O2.4BrH/c1-2-10-50-37(7-1)11-26-51-52-35-46-16-14-44(59(46)42-18-22-48(23-19-42)61-31-27-38-8-3-5-29-55-38)33-40-12-13-41(57-40)34-45-15-17-47(36-53(58-52)54(50)51)60(45)43-20-24-49(25-21-43)62-32-28-39-9-4-6-30-56-39;;;;/h1-26,29-30,33-36H,27-28,31-32H2;4*1H. The van der Waals surface area contributed by atoms with Crippen molar-refractivity contribution in [3.8, 4) is 45.4 Å². The Balaban J connectivity index is 0.00000162. The Kier molecular flexibility index (Phi) is 15.5. The minimum atomic E-state index is 0. The van der Waals surface area contributed by atoms with Crippen LogP contribution in [0.4, 0.5) is 0 Å². The molecule has 0 unspecified atom stereocenters. The van der Waals surface area contributed by atoms with E-state index in [1.807, 2.05) is 73.1 Å². The molecule has 4 aromatic carbocycles. The number of aromatic nitrogens is 6. The number of pyridine rings is 2. The van der Waals surface area contributed by atoms with Crippen LogP contribution in [0.15, 0.2) is 182 Å². The van der Waals surface area contributed by atoms with Gasteiger partial charge in [0.2, 0.25) is 0 Å². The van der Waals surface area contributed by atoms with Gasteiger partial charge >= 0.3 is 0 Å². The molecule has 7 heterocycles. The van der Waals surface area contributed by atoms with E-state index in [0.29, 0.717) is 13.2 Å². The van der Waals surface area contributed by atoms with Crippen LogP contribution in [0.1, 0.15) is 22.8 Å². The van der Waals surface area contributed by atoms with Crippen LogP contribution < -0.4 is 9.47 Å². The van der Waals surface area contributed by atoms with Crippen molar-refractivity contribution in [3.63, 3.8) is 0 Å². The molecule has 2 aliphatic heterocycles. The molecule has 0 amide bonds. The lowest BCUT2D eigenvalue weighted by Crippen LogP contribution is -2.02. The molecule has 66 heavy (non-hydrogen) atoms.